The van der Waals surface area contributed by atoms with E-state index in [1.165, 1.54) is 0 Å². The molecule has 0 aromatic heterocycles. The summed E-state index contributed by atoms with van der Waals surface area (Å²) in [6, 6.07) is 0. The van der Waals surface area contributed by atoms with Gasteiger partial charge in [0.1, 0.15) is 5.78 Å². The molecular weight excluding hydrogens is 288 g/mol. The monoisotopic (exact) mass is 320 g/mol. The third-order valence-corrected chi connectivity index (χ3v) is 9.19. The van der Waals surface area contributed by atoms with Crippen LogP contribution in [0.15, 0.2) is 0 Å². The van der Waals surface area contributed by atoms with E-state index in [-0.39, 0.29) is 28.8 Å². The van der Waals surface area contributed by atoms with Crippen molar-refractivity contribution < 1.29 is 15.0 Å². The summed E-state index contributed by atoms with van der Waals surface area (Å²) in [6.45, 7) is 8.91. The first-order valence-electron chi connectivity index (χ1n) is 9.50. The predicted octanol–water partition coefficient (Wildman–Crippen LogP) is 3.18. The highest BCUT2D eigenvalue weighted by molar-refractivity contribution is 5.90. The maximum Gasteiger partial charge on any atom is 0.139 e. The number of hydrogen-bond acceptors (Lipinski definition) is 3. The summed E-state index contributed by atoms with van der Waals surface area (Å²) in [7, 11) is 0. The van der Waals surface area contributed by atoms with Crippen LogP contribution < -0.4 is 0 Å². The highest BCUT2D eigenvalue weighted by atomic mass is 16.3. The molecule has 0 spiro atoms. The quantitative estimate of drug-likeness (QED) is 0.780. The molecule has 3 heteroatoms. The number of hydrogen-bond donors (Lipinski definition) is 2. The highest BCUT2D eigenvalue weighted by Gasteiger charge is 2.75. The molecule has 4 aliphatic rings. The second-order valence-corrected chi connectivity index (χ2v) is 10.0. The van der Waals surface area contributed by atoms with E-state index in [2.05, 4.69) is 27.7 Å². The molecule has 0 heterocycles. The third-order valence-electron chi connectivity index (χ3n) is 9.19. The van der Waals surface area contributed by atoms with Gasteiger partial charge in [-0.3, -0.25) is 4.79 Å². The van der Waals surface area contributed by atoms with Gasteiger partial charge in [0.05, 0.1) is 5.60 Å². The van der Waals surface area contributed by atoms with E-state index in [1.807, 2.05) is 0 Å². The van der Waals surface area contributed by atoms with E-state index in [1.54, 1.807) is 0 Å². The van der Waals surface area contributed by atoms with Crippen molar-refractivity contribution in [3.05, 3.63) is 0 Å². The van der Waals surface area contributed by atoms with Gasteiger partial charge in [0.15, 0.2) is 0 Å². The van der Waals surface area contributed by atoms with Crippen LogP contribution >= 0.6 is 0 Å². The lowest BCUT2D eigenvalue weighted by atomic mass is 9.42. The Morgan fingerprint density at radius 1 is 1.13 bits per heavy atom. The molecule has 23 heavy (non-hydrogen) atoms. The van der Waals surface area contributed by atoms with E-state index in [0.29, 0.717) is 30.0 Å². The van der Waals surface area contributed by atoms with Crippen LogP contribution in [0.2, 0.25) is 0 Å². The number of fused-ring (bicyclic) bond motifs is 5. The van der Waals surface area contributed by atoms with Gasteiger partial charge in [-0.05, 0) is 54.8 Å². The molecule has 3 nitrogen and oxygen atoms in total. The van der Waals surface area contributed by atoms with Crippen molar-refractivity contribution in [1.29, 1.82) is 0 Å². The molecule has 4 saturated carbocycles. The van der Waals surface area contributed by atoms with Crippen LogP contribution in [0.4, 0.5) is 0 Å². The molecule has 0 radical (unpaired) electrons. The van der Waals surface area contributed by atoms with E-state index in [0.717, 1.165) is 32.1 Å². The van der Waals surface area contributed by atoms with Gasteiger partial charge in [-0.15, -0.1) is 0 Å². The molecule has 4 aliphatic carbocycles. The van der Waals surface area contributed by atoms with E-state index in [9.17, 15) is 15.0 Å². The summed E-state index contributed by atoms with van der Waals surface area (Å²) < 4.78 is 0. The summed E-state index contributed by atoms with van der Waals surface area (Å²) in [4.78, 5) is 12.9. The van der Waals surface area contributed by atoms with Crippen molar-refractivity contribution in [2.75, 3.05) is 6.61 Å². The molecule has 0 aliphatic heterocycles. The van der Waals surface area contributed by atoms with E-state index in [4.69, 9.17) is 0 Å². The van der Waals surface area contributed by atoms with E-state index < -0.39 is 5.60 Å². The van der Waals surface area contributed by atoms with Crippen LogP contribution in [0.3, 0.4) is 0 Å². The largest absolute Gasteiger partial charge is 0.396 e. The molecule has 0 bridgehead atoms. The van der Waals surface area contributed by atoms with Crippen molar-refractivity contribution in [2.24, 2.45) is 39.9 Å². The molecule has 2 N–H and O–H groups in total. The Morgan fingerprint density at radius 2 is 1.83 bits per heavy atom. The van der Waals surface area contributed by atoms with Crippen LogP contribution in [0.1, 0.15) is 66.2 Å². The minimum atomic E-state index is -0.656. The van der Waals surface area contributed by atoms with Crippen LogP contribution in [-0.4, -0.2) is 28.2 Å². The smallest absolute Gasteiger partial charge is 0.139 e. The van der Waals surface area contributed by atoms with Crippen molar-refractivity contribution in [2.45, 2.75) is 71.8 Å². The summed E-state index contributed by atoms with van der Waals surface area (Å²) in [5.41, 5.74) is -1.16. The summed E-state index contributed by atoms with van der Waals surface area (Å²) in [5, 5.41) is 21.5. The topological polar surface area (TPSA) is 57.5 Å². The lowest BCUT2D eigenvalue weighted by Gasteiger charge is -2.65. The fourth-order valence-corrected chi connectivity index (χ4v) is 7.55. The zero-order chi connectivity index (χ0) is 16.8. The number of aliphatic hydroxyl groups is 2. The molecule has 0 aromatic carbocycles. The van der Waals surface area contributed by atoms with Gasteiger partial charge in [0, 0.05) is 23.9 Å². The Labute approximate surface area is 139 Å². The first-order chi connectivity index (χ1) is 10.6. The minimum absolute atomic E-state index is 0.0747. The van der Waals surface area contributed by atoms with Crippen LogP contribution in [0.25, 0.3) is 0 Å². The van der Waals surface area contributed by atoms with Gasteiger partial charge in [0.25, 0.3) is 0 Å². The average Bonchev–Trinajstić information content (AvgIpc) is 3.10. The Hall–Kier alpha value is -0.410. The Balaban J connectivity index is 1.75. The summed E-state index contributed by atoms with van der Waals surface area (Å²) in [6.07, 6.45) is 5.75. The number of rotatable bonds is 1. The zero-order valence-corrected chi connectivity index (χ0v) is 15.1. The number of ketones is 1. The fourth-order valence-electron chi connectivity index (χ4n) is 7.55. The molecule has 0 unspecified atom stereocenters. The van der Waals surface area contributed by atoms with Crippen LogP contribution in [0.5, 0.6) is 0 Å². The van der Waals surface area contributed by atoms with Gasteiger partial charge in [-0.1, -0.05) is 34.1 Å². The minimum Gasteiger partial charge on any atom is -0.396 e. The fraction of sp³-hybridized carbons (Fsp3) is 0.950. The second-order valence-electron chi connectivity index (χ2n) is 10.0. The number of carbonyl (C=O) groups excluding carboxylic acids is 1. The molecule has 130 valence electrons. The second kappa shape index (κ2) is 4.40. The molecule has 4 rings (SSSR count). The average molecular weight is 320 g/mol. The van der Waals surface area contributed by atoms with Gasteiger partial charge < -0.3 is 10.2 Å². The van der Waals surface area contributed by atoms with Crippen molar-refractivity contribution >= 4 is 5.78 Å². The van der Waals surface area contributed by atoms with Crippen molar-refractivity contribution in [1.82, 2.24) is 0 Å². The maximum atomic E-state index is 12.9. The predicted molar refractivity (Wildman–Crippen MR) is 88.7 cm³/mol. The van der Waals surface area contributed by atoms with Gasteiger partial charge in [-0.2, -0.15) is 0 Å². The van der Waals surface area contributed by atoms with Gasteiger partial charge in [-0.25, -0.2) is 0 Å². The van der Waals surface area contributed by atoms with Crippen molar-refractivity contribution in [3.8, 4) is 0 Å². The standard InChI is InChI=1S/C20H32O3/c1-17(2)7-5-8-18(3)13-10-15(22)19(4)14(11-21)16(19)12(13)6-9-20(17,18)23/h12-14,16,21,23H,5-11H2,1-4H3/t12-,13+,14-,16-,18-,19-,20-/m1/s1. The molecule has 0 aromatic rings. The van der Waals surface area contributed by atoms with Crippen LogP contribution in [-0.2, 0) is 4.79 Å². The van der Waals surface area contributed by atoms with E-state index >= 15 is 0 Å². The summed E-state index contributed by atoms with van der Waals surface area (Å²) in [5.74, 6) is 1.66. The molecule has 0 saturated heterocycles. The van der Waals surface area contributed by atoms with Gasteiger partial charge in [0.2, 0.25) is 0 Å². The van der Waals surface area contributed by atoms with Crippen LogP contribution in [0, 0.1) is 39.9 Å². The molecule has 4 fully saturated rings. The highest BCUT2D eigenvalue weighted by Crippen LogP contribution is 2.74. The lowest BCUT2D eigenvalue weighted by Crippen LogP contribution is -2.66. The Bertz CT molecular complexity index is 555. The Kier molecular flexibility index (Phi) is 3.08. The Morgan fingerprint density at radius 3 is 2.48 bits per heavy atom. The first-order valence-corrected chi connectivity index (χ1v) is 9.50. The number of aliphatic hydroxyl groups excluding tert-OH is 1. The van der Waals surface area contributed by atoms with Gasteiger partial charge >= 0.3 is 0 Å². The molecule has 0 amide bonds. The maximum absolute atomic E-state index is 12.9. The zero-order valence-electron chi connectivity index (χ0n) is 15.1. The normalized spacial score (nSPS) is 57.2. The summed E-state index contributed by atoms with van der Waals surface area (Å²) >= 11 is 0. The number of Topliss-reactive ketones (excluding diaryl/α,β-unsaturated/α-hetero) is 1. The molecular formula is C20H32O3. The molecule has 7 atom stereocenters. The first kappa shape index (κ1) is 16.1. The lowest BCUT2D eigenvalue weighted by molar-refractivity contribution is -0.242. The van der Waals surface area contributed by atoms with Crippen molar-refractivity contribution in [3.63, 3.8) is 0 Å². The third kappa shape index (κ3) is 1.62. The SMILES string of the molecule is CC1(C)CCC[C@]2(C)[C@H]3CC(=O)[C@]4(C)[C@H]([C@@H]3CC[C@@]12O)[C@H]4CO. The number of carbonyl (C=O) groups is 1.